The fraction of sp³-hybridized carbons (Fsp3) is 0.524. The van der Waals surface area contributed by atoms with Gasteiger partial charge in [0.15, 0.2) is 10.8 Å². The molecule has 1 fully saturated rings. The lowest BCUT2D eigenvalue weighted by Crippen LogP contribution is -2.29. The molecule has 0 spiro atoms. The topological polar surface area (TPSA) is 75.4 Å². The first-order valence-corrected chi connectivity index (χ1v) is 11.2. The van der Waals surface area contributed by atoms with Gasteiger partial charge < -0.3 is 5.32 Å². The number of thiazole rings is 1. The number of piperidine rings is 1. The van der Waals surface area contributed by atoms with E-state index in [9.17, 15) is 4.79 Å². The van der Waals surface area contributed by atoms with Gasteiger partial charge in [-0.05, 0) is 58.7 Å². The average molecular weight is 413 g/mol. The van der Waals surface area contributed by atoms with Gasteiger partial charge in [0.1, 0.15) is 0 Å². The molecule has 1 N–H and O–H groups in total. The molecule has 154 valence electrons. The van der Waals surface area contributed by atoms with Crippen LogP contribution in [0.4, 0.5) is 5.13 Å². The third-order valence-corrected chi connectivity index (χ3v) is 6.33. The Bertz CT molecular complexity index is 1020. The van der Waals surface area contributed by atoms with Crippen LogP contribution in [0, 0.1) is 20.8 Å². The lowest BCUT2D eigenvalue weighted by atomic mass is 10.1. The third-order valence-electron chi connectivity index (χ3n) is 5.52. The molecule has 29 heavy (non-hydrogen) atoms. The second kappa shape index (κ2) is 8.59. The van der Waals surface area contributed by atoms with Crippen LogP contribution in [0.1, 0.15) is 54.0 Å². The molecule has 0 unspecified atom stereocenters. The largest absolute Gasteiger partial charge is 0.302 e. The van der Waals surface area contributed by atoms with Crippen LogP contribution in [-0.4, -0.2) is 43.5 Å². The number of carbonyl (C=O) groups excluding carboxylic acids is 1. The van der Waals surface area contributed by atoms with Crippen molar-refractivity contribution in [3.8, 4) is 0 Å². The first kappa shape index (κ1) is 20.0. The minimum atomic E-state index is -0.0144. The van der Waals surface area contributed by atoms with Crippen LogP contribution < -0.4 is 5.32 Å². The van der Waals surface area contributed by atoms with E-state index in [0.29, 0.717) is 18.0 Å². The van der Waals surface area contributed by atoms with E-state index in [-0.39, 0.29) is 5.91 Å². The molecule has 1 amide bonds. The molecule has 1 aliphatic rings. The summed E-state index contributed by atoms with van der Waals surface area (Å²) in [6, 6.07) is 1.97. The predicted molar refractivity (Wildman–Crippen MR) is 115 cm³/mol. The maximum atomic E-state index is 12.5. The smallest absolute Gasteiger partial charge is 0.226 e. The standard InChI is InChI=1S/C21H28N6OS/c1-14-11-19-22-15(2)18(16(3)27(19)25-14)7-8-20(28)24-21-23-17(13-29-21)12-26-9-5-4-6-10-26/h11,13H,4-10,12H2,1-3H3,(H,23,24,28). The first-order chi connectivity index (χ1) is 14.0. The van der Waals surface area contributed by atoms with Crippen LogP contribution in [0.5, 0.6) is 0 Å². The van der Waals surface area contributed by atoms with E-state index in [1.807, 2.05) is 31.4 Å². The zero-order valence-electron chi connectivity index (χ0n) is 17.4. The first-order valence-electron chi connectivity index (χ1n) is 10.3. The van der Waals surface area contributed by atoms with Crippen LogP contribution in [-0.2, 0) is 17.8 Å². The molecule has 0 bridgehead atoms. The van der Waals surface area contributed by atoms with Crippen LogP contribution in [0.25, 0.3) is 5.65 Å². The number of amides is 1. The van der Waals surface area contributed by atoms with Gasteiger partial charge >= 0.3 is 0 Å². The second-order valence-corrected chi connectivity index (χ2v) is 8.70. The molecule has 4 heterocycles. The molecule has 0 aliphatic carbocycles. The van der Waals surface area contributed by atoms with Crippen LogP contribution in [0.15, 0.2) is 11.4 Å². The number of rotatable bonds is 6. The van der Waals surface area contributed by atoms with Gasteiger partial charge in [-0.15, -0.1) is 11.3 Å². The van der Waals surface area contributed by atoms with Crippen LogP contribution in [0.2, 0.25) is 0 Å². The summed E-state index contributed by atoms with van der Waals surface area (Å²) in [5.74, 6) is -0.0144. The third kappa shape index (κ3) is 4.64. The van der Waals surface area contributed by atoms with Crippen LogP contribution >= 0.6 is 11.3 Å². The fourth-order valence-electron chi connectivity index (χ4n) is 4.01. The van der Waals surface area contributed by atoms with Crippen molar-refractivity contribution < 1.29 is 4.79 Å². The predicted octanol–water partition coefficient (Wildman–Crippen LogP) is 3.67. The van der Waals surface area contributed by atoms with Gasteiger partial charge in [-0.2, -0.15) is 5.10 Å². The second-order valence-electron chi connectivity index (χ2n) is 7.85. The van der Waals surface area contributed by atoms with Crippen molar-refractivity contribution in [3.63, 3.8) is 0 Å². The molecule has 0 radical (unpaired) electrons. The maximum absolute atomic E-state index is 12.5. The van der Waals surface area contributed by atoms with E-state index in [4.69, 9.17) is 0 Å². The Kier molecular flexibility index (Phi) is 5.91. The molecule has 3 aromatic rings. The zero-order valence-corrected chi connectivity index (χ0v) is 18.2. The minimum absolute atomic E-state index is 0.0144. The molecule has 0 aromatic carbocycles. The number of anilines is 1. The van der Waals surface area contributed by atoms with E-state index >= 15 is 0 Å². The van der Waals surface area contributed by atoms with Crippen LogP contribution in [0.3, 0.4) is 0 Å². The van der Waals surface area contributed by atoms with Crippen molar-refractivity contribution in [1.82, 2.24) is 24.5 Å². The summed E-state index contributed by atoms with van der Waals surface area (Å²) in [5.41, 5.74) is 5.93. The van der Waals surface area contributed by atoms with Gasteiger partial charge in [0, 0.05) is 35.8 Å². The summed E-state index contributed by atoms with van der Waals surface area (Å²) in [5, 5.41) is 10.2. The summed E-state index contributed by atoms with van der Waals surface area (Å²) in [4.78, 5) is 24.1. The summed E-state index contributed by atoms with van der Waals surface area (Å²) in [7, 11) is 0. The average Bonchev–Trinajstić information content (AvgIpc) is 3.28. The van der Waals surface area contributed by atoms with Crippen molar-refractivity contribution in [2.75, 3.05) is 18.4 Å². The Morgan fingerprint density at radius 1 is 1.17 bits per heavy atom. The normalized spacial score (nSPS) is 15.1. The molecule has 7 nitrogen and oxygen atoms in total. The minimum Gasteiger partial charge on any atom is -0.302 e. The van der Waals surface area contributed by atoms with Crippen molar-refractivity contribution in [3.05, 3.63) is 39.8 Å². The number of fused-ring (bicyclic) bond motifs is 1. The van der Waals surface area contributed by atoms with Crippen molar-refractivity contribution in [1.29, 1.82) is 0 Å². The fourth-order valence-corrected chi connectivity index (χ4v) is 4.72. The molecule has 8 heteroatoms. The Labute approximate surface area is 175 Å². The van der Waals surface area contributed by atoms with Crippen molar-refractivity contribution in [2.24, 2.45) is 0 Å². The number of aryl methyl sites for hydroxylation is 3. The highest BCUT2D eigenvalue weighted by molar-refractivity contribution is 7.13. The lowest BCUT2D eigenvalue weighted by molar-refractivity contribution is -0.116. The van der Waals surface area contributed by atoms with E-state index < -0.39 is 0 Å². The molecule has 0 atom stereocenters. The maximum Gasteiger partial charge on any atom is 0.226 e. The highest BCUT2D eigenvalue weighted by Crippen LogP contribution is 2.20. The number of likely N-dealkylation sites (tertiary alicyclic amines) is 1. The van der Waals surface area contributed by atoms with E-state index in [1.165, 1.54) is 30.6 Å². The Hall–Kier alpha value is -2.32. The molecular formula is C21H28N6OS. The SMILES string of the molecule is Cc1cc2nc(C)c(CCC(=O)Nc3nc(CN4CCCCC4)cs3)c(C)n2n1. The number of nitrogens with one attached hydrogen (secondary N) is 1. The van der Waals surface area contributed by atoms with Crippen molar-refractivity contribution >= 4 is 28.0 Å². The number of nitrogens with zero attached hydrogens (tertiary/aromatic N) is 5. The number of hydrogen-bond acceptors (Lipinski definition) is 6. The van der Waals surface area contributed by atoms with Gasteiger partial charge in [-0.3, -0.25) is 9.69 Å². The highest BCUT2D eigenvalue weighted by Gasteiger charge is 2.15. The number of aromatic nitrogens is 4. The summed E-state index contributed by atoms with van der Waals surface area (Å²) < 4.78 is 1.86. The molecule has 0 saturated carbocycles. The lowest BCUT2D eigenvalue weighted by Gasteiger charge is -2.25. The van der Waals surface area contributed by atoms with Gasteiger partial charge in [0.25, 0.3) is 0 Å². The van der Waals surface area contributed by atoms with Crippen molar-refractivity contribution in [2.45, 2.75) is 59.4 Å². The molecule has 1 aliphatic heterocycles. The highest BCUT2D eigenvalue weighted by atomic mass is 32.1. The number of carbonyl (C=O) groups is 1. The van der Waals surface area contributed by atoms with E-state index in [1.54, 1.807) is 0 Å². The Morgan fingerprint density at radius 3 is 2.76 bits per heavy atom. The van der Waals surface area contributed by atoms with Gasteiger partial charge in [-0.25, -0.2) is 14.5 Å². The monoisotopic (exact) mass is 412 g/mol. The van der Waals surface area contributed by atoms with Gasteiger partial charge in [-0.1, -0.05) is 6.42 Å². The molecule has 1 saturated heterocycles. The molecular weight excluding hydrogens is 384 g/mol. The quantitative estimate of drug-likeness (QED) is 0.669. The van der Waals surface area contributed by atoms with E-state index in [2.05, 4.69) is 30.7 Å². The summed E-state index contributed by atoms with van der Waals surface area (Å²) >= 11 is 1.50. The Morgan fingerprint density at radius 2 is 1.97 bits per heavy atom. The van der Waals surface area contributed by atoms with E-state index in [0.717, 1.165) is 53.6 Å². The number of hydrogen-bond donors (Lipinski definition) is 1. The van der Waals surface area contributed by atoms with Gasteiger partial charge in [0.05, 0.1) is 11.4 Å². The van der Waals surface area contributed by atoms with Gasteiger partial charge in [0.2, 0.25) is 5.91 Å². The zero-order chi connectivity index (χ0) is 20.4. The Balaban J connectivity index is 1.35. The molecule has 3 aromatic heterocycles. The summed E-state index contributed by atoms with van der Waals surface area (Å²) in [6.45, 7) is 9.16. The molecule has 4 rings (SSSR count). The summed E-state index contributed by atoms with van der Waals surface area (Å²) in [6.07, 6.45) is 4.90.